The van der Waals surface area contributed by atoms with Gasteiger partial charge >= 0.3 is 11.7 Å². The summed E-state index contributed by atoms with van der Waals surface area (Å²) >= 11 is 0. The molecule has 0 aromatic rings. The van der Waals surface area contributed by atoms with Crippen molar-refractivity contribution in [3.8, 4) is 0 Å². The van der Waals surface area contributed by atoms with Crippen LogP contribution < -0.4 is 0 Å². The molecule has 0 fully saturated rings. The van der Waals surface area contributed by atoms with Gasteiger partial charge in [-0.2, -0.15) is 0 Å². The molecule has 90 valence electrons. The van der Waals surface area contributed by atoms with Crippen LogP contribution >= 0.6 is 0 Å². The first-order valence-electron chi connectivity index (χ1n) is 4.23. The molecule has 0 aromatic carbocycles. The normalized spacial score (nSPS) is 12.5. The van der Waals surface area contributed by atoms with E-state index in [-0.39, 0.29) is 25.7 Å². The lowest BCUT2D eigenvalue weighted by atomic mass is 10.2. The number of hydrogen-bond donors (Lipinski definition) is 2. The monoisotopic (exact) mass is 234 g/mol. The van der Waals surface area contributed by atoms with E-state index in [1.165, 1.54) is 0 Å². The average molecular weight is 234 g/mol. The molecule has 0 heterocycles. The fourth-order valence-corrected chi connectivity index (χ4v) is 0.922. The van der Waals surface area contributed by atoms with E-state index < -0.39 is 21.5 Å². The Morgan fingerprint density at radius 2 is 1.25 bits per heavy atom. The molecule has 10 heteroatoms. The Kier molecular flexibility index (Phi) is 6.09. The second-order valence-electron chi connectivity index (χ2n) is 2.75. The maximum absolute atomic E-state index is 10.2. The highest BCUT2D eigenvalue weighted by atomic mass is 16.6. The topological polar surface area (TPSA) is 151 Å². The fourth-order valence-electron chi connectivity index (χ4n) is 0.922. The minimum atomic E-state index is -0.839. The molecule has 0 atom stereocenters. The Morgan fingerprint density at radius 3 is 1.44 bits per heavy atom. The average Bonchev–Trinajstić information content (AvgIpc) is 2.22. The van der Waals surface area contributed by atoms with Crippen molar-refractivity contribution in [3.63, 3.8) is 0 Å². The van der Waals surface area contributed by atoms with Crippen LogP contribution in [0, 0.1) is 20.2 Å². The Morgan fingerprint density at radius 1 is 0.938 bits per heavy atom. The van der Waals surface area contributed by atoms with E-state index in [9.17, 15) is 20.2 Å². The molecule has 0 radical (unpaired) electrons. The molecule has 10 nitrogen and oxygen atoms in total. The second-order valence-corrected chi connectivity index (χ2v) is 2.75. The van der Waals surface area contributed by atoms with E-state index in [2.05, 4.69) is 10.3 Å². The van der Waals surface area contributed by atoms with Crippen molar-refractivity contribution >= 4 is 11.7 Å². The molecule has 0 bridgehead atoms. The maximum atomic E-state index is 10.2. The van der Waals surface area contributed by atoms with Crippen molar-refractivity contribution in [1.82, 2.24) is 0 Å². The molecule has 0 amide bonds. The summed E-state index contributed by atoms with van der Waals surface area (Å²) in [4.78, 5) is 18.7. The highest BCUT2D eigenvalue weighted by molar-refractivity contribution is 5.74. The molecular formula is C6H10N4O6. The number of unbranched alkanes of at least 4 members (excludes halogenated alkanes) is 1. The molecule has 0 rings (SSSR count). The van der Waals surface area contributed by atoms with Gasteiger partial charge in [0.05, 0.1) is 12.8 Å². The maximum Gasteiger partial charge on any atom is 0.385 e. The van der Waals surface area contributed by atoms with Gasteiger partial charge in [-0.3, -0.25) is 0 Å². The first-order valence-corrected chi connectivity index (χ1v) is 4.23. The van der Waals surface area contributed by atoms with Crippen LogP contribution in [-0.2, 0) is 0 Å². The summed E-state index contributed by atoms with van der Waals surface area (Å²) in [5.41, 5.74) is 0. The van der Waals surface area contributed by atoms with Crippen molar-refractivity contribution < 1.29 is 20.3 Å². The standard InChI is InChI=1S/C6H10N4O6/c11-7-5(9(13)14)3-1-2-4-6(8-12)10(15)16/h11-12H,1-4H2. The summed E-state index contributed by atoms with van der Waals surface area (Å²) in [6.07, 6.45) is 0.209. The second kappa shape index (κ2) is 7.09. The van der Waals surface area contributed by atoms with Crippen LogP contribution in [0.3, 0.4) is 0 Å². The van der Waals surface area contributed by atoms with Crippen molar-refractivity contribution in [2.75, 3.05) is 0 Å². The van der Waals surface area contributed by atoms with Crippen molar-refractivity contribution in [2.45, 2.75) is 25.7 Å². The van der Waals surface area contributed by atoms with Crippen LogP contribution in [-0.4, -0.2) is 31.9 Å². The van der Waals surface area contributed by atoms with Gasteiger partial charge in [-0.05, 0) is 22.7 Å². The number of nitro groups is 2. The first-order chi connectivity index (χ1) is 7.52. The van der Waals surface area contributed by atoms with E-state index >= 15 is 0 Å². The van der Waals surface area contributed by atoms with Gasteiger partial charge in [-0.25, -0.2) is 0 Å². The lowest BCUT2D eigenvalue weighted by Crippen LogP contribution is -2.13. The summed E-state index contributed by atoms with van der Waals surface area (Å²) in [5, 5.41) is 41.7. The molecule has 0 saturated carbocycles. The van der Waals surface area contributed by atoms with Gasteiger partial charge in [0.25, 0.3) is 0 Å². The van der Waals surface area contributed by atoms with E-state index in [0.29, 0.717) is 0 Å². The van der Waals surface area contributed by atoms with Crippen LogP contribution in [0.4, 0.5) is 0 Å². The van der Waals surface area contributed by atoms with E-state index in [0.717, 1.165) is 0 Å². The fraction of sp³-hybridized carbons (Fsp3) is 0.667. The predicted molar refractivity (Wildman–Crippen MR) is 50.9 cm³/mol. The van der Waals surface area contributed by atoms with E-state index in [1.54, 1.807) is 0 Å². The SMILES string of the molecule is O=[N+]([O-])C(CCCCC(=NO)[N+](=O)[O-])=NO. The largest absolute Gasteiger partial charge is 0.385 e. The van der Waals surface area contributed by atoms with Crippen molar-refractivity contribution in [1.29, 1.82) is 0 Å². The first kappa shape index (κ1) is 13.7. The number of rotatable bonds is 5. The van der Waals surface area contributed by atoms with Gasteiger partial charge in [-0.1, -0.05) is 0 Å². The van der Waals surface area contributed by atoms with Crippen LogP contribution in [0.2, 0.25) is 0 Å². The molecule has 0 unspecified atom stereocenters. The zero-order valence-corrected chi connectivity index (χ0v) is 8.14. The molecular weight excluding hydrogens is 224 g/mol. The summed E-state index contributed by atoms with van der Waals surface area (Å²) in [5.74, 6) is -1.22. The van der Waals surface area contributed by atoms with Crippen LogP contribution in [0.15, 0.2) is 10.3 Å². The highest BCUT2D eigenvalue weighted by Gasteiger charge is 2.15. The third kappa shape index (κ3) is 4.83. The summed E-state index contributed by atoms with van der Waals surface area (Å²) < 4.78 is 0. The lowest BCUT2D eigenvalue weighted by molar-refractivity contribution is -0.356. The smallest absolute Gasteiger partial charge is 0.358 e. The minimum absolute atomic E-state index is 0.111. The number of amidine groups is 2. The Balaban J connectivity index is 3.93. The van der Waals surface area contributed by atoms with Gasteiger partial charge in [0.2, 0.25) is 0 Å². The summed E-state index contributed by atoms with van der Waals surface area (Å²) in [7, 11) is 0. The van der Waals surface area contributed by atoms with E-state index in [4.69, 9.17) is 10.4 Å². The molecule has 0 aromatic heterocycles. The molecule has 0 aliphatic heterocycles. The quantitative estimate of drug-likeness (QED) is 0.178. The highest BCUT2D eigenvalue weighted by Crippen LogP contribution is 2.04. The van der Waals surface area contributed by atoms with Gasteiger partial charge in [0.15, 0.2) is 0 Å². The zero-order chi connectivity index (χ0) is 12.6. The Bertz CT molecular complexity index is 293. The lowest BCUT2D eigenvalue weighted by Gasteiger charge is -1.97. The molecule has 16 heavy (non-hydrogen) atoms. The van der Waals surface area contributed by atoms with Crippen LogP contribution in [0.1, 0.15) is 25.7 Å². The van der Waals surface area contributed by atoms with E-state index in [1.807, 2.05) is 0 Å². The van der Waals surface area contributed by atoms with Crippen LogP contribution in [0.5, 0.6) is 0 Å². The number of nitrogens with zero attached hydrogens (tertiary/aromatic N) is 4. The zero-order valence-electron chi connectivity index (χ0n) is 8.14. The number of hydrogen-bond acceptors (Lipinski definition) is 8. The summed E-state index contributed by atoms with van der Waals surface area (Å²) in [6, 6.07) is 0. The molecule has 0 saturated heterocycles. The molecule has 2 N–H and O–H groups in total. The van der Waals surface area contributed by atoms with Crippen molar-refractivity contribution in [3.05, 3.63) is 20.2 Å². The molecule has 0 aliphatic rings. The molecule has 0 aliphatic carbocycles. The Labute approximate surface area is 89.2 Å². The van der Waals surface area contributed by atoms with Gasteiger partial charge < -0.3 is 30.6 Å². The molecule has 0 spiro atoms. The third-order valence-corrected chi connectivity index (χ3v) is 1.70. The van der Waals surface area contributed by atoms with Gasteiger partial charge in [-0.15, -0.1) is 0 Å². The number of oxime groups is 2. The predicted octanol–water partition coefficient (Wildman–Crippen LogP) is 0.676. The van der Waals surface area contributed by atoms with Gasteiger partial charge in [0.1, 0.15) is 10.3 Å². The van der Waals surface area contributed by atoms with Gasteiger partial charge in [0, 0.05) is 0 Å². The Hall–Kier alpha value is -2.26. The van der Waals surface area contributed by atoms with Crippen LogP contribution in [0.25, 0.3) is 0 Å². The third-order valence-electron chi connectivity index (χ3n) is 1.70. The van der Waals surface area contributed by atoms with Crippen molar-refractivity contribution in [2.24, 2.45) is 10.3 Å². The summed E-state index contributed by atoms with van der Waals surface area (Å²) in [6.45, 7) is 0. The minimum Gasteiger partial charge on any atom is -0.358 e.